The van der Waals surface area contributed by atoms with Crippen LogP contribution in [0, 0.1) is 0 Å². The van der Waals surface area contributed by atoms with Gasteiger partial charge in [-0.1, -0.05) is 28.9 Å². The zero-order valence-electron chi connectivity index (χ0n) is 6.84. The number of hydrazone groups is 1. The van der Waals surface area contributed by atoms with Gasteiger partial charge in [0, 0.05) is 5.37 Å². The molecule has 1 aromatic carbocycles. The first-order chi connectivity index (χ1) is 5.88. The van der Waals surface area contributed by atoms with Gasteiger partial charge in [-0.05, 0) is 18.4 Å². The van der Waals surface area contributed by atoms with Crippen LogP contribution in [0.4, 0.5) is 5.69 Å². The number of anilines is 1. The monoisotopic (exact) mass is 178 g/mol. The van der Waals surface area contributed by atoms with Crippen molar-refractivity contribution in [3.63, 3.8) is 0 Å². The predicted octanol–water partition coefficient (Wildman–Crippen LogP) is 2.11. The van der Waals surface area contributed by atoms with Gasteiger partial charge in [0.05, 0.1) is 11.9 Å². The van der Waals surface area contributed by atoms with Crippen molar-refractivity contribution in [3.05, 3.63) is 30.3 Å². The first-order valence-corrected chi connectivity index (χ1v) is 5.41. The van der Waals surface area contributed by atoms with Crippen LogP contribution in [-0.4, -0.2) is 17.8 Å². The van der Waals surface area contributed by atoms with Crippen LogP contribution in [0.5, 0.6) is 0 Å². The minimum absolute atomic E-state index is 0.125. The normalized spacial score (nSPS) is 21.1. The largest absolute Gasteiger partial charge is 0.214 e. The summed E-state index contributed by atoms with van der Waals surface area (Å²) in [5, 5.41) is 6.36. The first-order valence-electron chi connectivity index (χ1n) is 3.75. The van der Waals surface area contributed by atoms with E-state index in [2.05, 4.69) is 28.9 Å². The lowest BCUT2D eigenvalue weighted by molar-refractivity contribution is 1.22. The third kappa shape index (κ3) is 1.28. The molecule has 12 heavy (non-hydrogen) atoms. The van der Waals surface area contributed by atoms with Crippen molar-refractivity contribution >= 4 is 27.9 Å². The fourth-order valence-electron chi connectivity index (χ4n) is 1.10. The Labute approximate surface area is 74.6 Å². The molecular weight excluding hydrogens is 168 g/mol. The molecule has 1 aliphatic heterocycles. The van der Waals surface area contributed by atoms with Gasteiger partial charge >= 0.3 is 0 Å². The Morgan fingerprint density at radius 1 is 1.25 bits per heavy atom. The van der Waals surface area contributed by atoms with Gasteiger partial charge in [-0.2, -0.15) is 5.10 Å². The number of hydrogen-bond acceptors (Lipinski definition) is 2. The molecule has 0 saturated heterocycles. The Bertz CT molecular complexity index is 330. The van der Waals surface area contributed by atoms with Gasteiger partial charge < -0.3 is 0 Å². The van der Waals surface area contributed by atoms with Gasteiger partial charge in [0.1, 0.15) is 0 Å². The third-order valence-electron chi connectivity index (χ3n) is 1.68. The van der Waals surface area contributed by atoms with Crippen LogP contribution in [0.2, 0.25) is 0 Å². The van der Waals surface area contributed by atoms with E-state index in [9.17, 15) is 0 Å². The van der Waals surface area contributed by atoms with E-state index in [1.165, 1.54) is 0 Å². The summed E-state index contributed by atoms with van der Waals surface area (Å²) in [7, 11) is 0.125. The Hall–Kier alpha value is -1.09. The molecule has 0 amide bonds. The smallest absolute Gasteiger partial charge is 0.0717 e. The summed E-state index contributed by atoms with van der Waals surface area (Å²) in [5.74, 6) is 0. The van der Waals surface area contributed by atoms with Crippen molar-refractivity contribution in [2.45, 2.75) is 0 Å². The number of nitrogens with zero attached hydrogens (tertiary/aromatic N) is 2. The average Bonchev–Trinajstić information content (AvgIpc) is 2.53. The number of hydrogen-bond donors (Lipinski definition) is 0. The lowest BCUT2D eigenvalue weighted by atomic mass is 10.3. The maximum Gasteiger partial charge on any atom is 0.0717 e. The second kappa shape index (κ2) is 3.11. The Kier molecular flexibility index (Phi) is 1.96. The van der Waals surface area contributed by atoms with Crippen LogP contribution < -0.4 is 4.41 Å². The van der Waals surface area contributed by atoms with Crippen LogP contribution in [0.25, 0.3) is 0 Å². The van der Waals surface area contributed by atoms with Gasteiger partial charge in [-0.15, -0.1) is 0 Å². The fourth-order valence-corrected chi connectivity index (χ4v) is 2.10. The van der Waals surface area contributed by atoms with Gasteiger partial charge in [-0.25, -0.2) is 4.41 Å². The molecule has 1 heterocycles. The molecule has 0 aromatic heterocycles. The van der Waals surface area contributed by atoms with E-state index < -0.39 is 0 Å². The highest BCUT2D eigenvalue weighted by Gasteiger charge is 2.07. The minimum Gasteiger partial charge on any atom is -0.214 e. The zero-order valence-corrected chi connectivity index (χ0v) is 7.66. The minimum atomic E-state index is 0.125. The van der Waals surface area contributed by atoms with Crippen LogP contribution in [-0.2, 0) is 0 Å². The summed E-state index contributed by atoms with van der Waals surface area (Å²) in [6.07, 6.45) is 4.01. The quantitative estimate of drug-likeness (QED) is 0.601. The average molecular weight is 178 g/mol. The second-order valence-electron chi connectivity index (χ2n) is 2.53. The molecular formula is C9H10N2S. The molecule has 1 unspecified atom stereocenters. The first kappa shape index (κ1) is 7.55. The van der Waals surface area contributed by atoms with Crippen molar-refractivity contribution in [1.82, 2.24) is 0 Å². The molecule has 1 atom stereocenters. The molecule has 0 spiro atoms. The van der Waals surface area contributed by atoms with E-state index in [4.69, 9.17) is 0 Å². The Balaban J connectivity index is 2.33. The molecule has 2 nitrogen and oxygen atoms in total. The van der Waals surface area contributed by atoms with Crippen molar-refractivity contribution < 1.29 is 0 Å². The van der Waals surface area contributed by atoms with Crippen LogP contribution in [0.3, 0.4) is 0 Å². The summed E-state index contributed by atoms with van der Waals surface area (Å²) >= 11 is 0. The molecule has 1 aliphatic rings. The highest BCUT2D eigenvalue weighted by molar-refractivity contribution is 8.16. The van der Waals surface area contributed by atoms with Gasteiger partial charge in [0.2, 0.25) is 0 Å². The highest BCUT2D eigenvalue weighted by atomic mass is 32.2. The topological polar surface area (TPSA) is 15.6 Å². The van der Waals surface area contributed by atoms with Crippen molar-refractivity contribution in [1.29, 1.82) is 0 Å². The van der Waals surface area contributed by atoms with Crippen LogP contribution >= 0.6 is 10.7 Å². The Morgan fingerprint density at radius 2 is 2.00 bits per heavy atom. The zero-order chi connectivity index (χ0) is 8.39. The Morgan fingerprint density at radius 3 is 2.58 bits per heavy atom. The van der Waals surface area contributed by atoms with Crippen molar-refractivity contribution in [3.8, 4) is 0 Å². The summed E-state index contributed by atoms with van der Waals surface area (Å²) < 4.78 is 2.03. The molecule has 2 rings (SSSR count). The molecule has 62 valence electrons. The number of para-hydroxylation sites is 1. The molecule has 0 aliphatic carbocycles. The van der Waals surface area contributed by atoms with Gasteiger partial charge in [0.15, 0.2) is 0 Å². The molecule has 0 saturated carbocycles. The molecule has 0 bridgehead atoms. The summed E-state index contributed by atoms with van der Waals surface area (Å²) in [4.78, 5) is 0. The standard InChI is InChI=1S/C9H10N2S/c1-12-8-7-10-11(12)9-5-3-2-4-6-9/h2-8H,1H3. The second-order valence-corrected chi connectivity index (χ2v) is 4.20. The maximum absolute atomic E-state index is 4.25. The molecule has 0 radical (unpaired) electrons. The van der Waals surface area contributed by atoms with Crippen molar-refractivity contribution in [2.24, 2.45) is 5.10 Å². The fraction of sp³-hybridized carbons (Fsp3) is 0.111. The van der Waals surface area contributed by atoms with Crippen molar-refractivity contribution in [2.75, 3.05) is 10.7 Å². The molecule has 0 N–H and O–H groups in total. The van der Waals surface area contributed by atoms with E-state index in [0.29, 0.717) is 0 Å². The lowest BCUT2D eigenvalue weighted by Gasteiger charge is -2.15. The van der Waals surface area contributed by atoms with E-state index in [0.717, 1.165) is 5.69 Å². The summed E-state index contributed by atoms with van der Waals surface area (Å²) in [6, 6.07) is 10.2. The number of benzene rings is 1. The summed E-state index contributed by atoms with van der Waals surface area (Å²) in [6.45, 7) is 0. The predicted molar refractivity (Wildman–Crippen MR) is 57.0 cm³/mol. The van der Waals surface area contributed by atoms with Crippen LogP contribution in [0.15, 0.2) is 35.4 Å². The lowest BCUT2D eigenvalue weighted by Crippen LogP contribution is -2.03. The highest BCUT2D eigenvalue weighted by Crippen LogP contribution is 2.26. The van der Waals surface area contributed by atoms with Crippen LogP contribution in [0.1, 0.15) is 0 Å². The SMILES string of the molecule is CS1=CC=NN1c1ccccc1. The van der Waals surface area contributed by atoms with E-state index in [1.807, 2.05) is 28.8 Å². The molecule has 1 aromatic rings. The molecule has 0 fully saturated rings. The number of rotatable bonds is 1. The maximum atomic E-state index is 4.25. The van der Waals surface area contributed by atoms with E-state index in [1.54, 1.807) is 0 Å². The van der Waals surface area contributed by atoms with E-state index >= 15 is 0 Å². The van der Waals surface area contributed by atoms with Gasteiger partial charge in [0.25, 0.3) is 0 Å². The molecule has 3 heteroatoms. The van der Waals surface area contributed by atoms with Gasteiger partial charge in [-0.3, -0.25) is 0 Å². The third-order valence-corrected chi connectivity index (χ3v) is 3.05. The van der Waals surface area contributed by atoms with E-state index in [-0.39, 0.29) is 10.7 Å². The summed E-state index contributed by atoms with van der Waals surface area (Å²) in [5.41, 5.74) is 1.16.